The van der Waals surface area contributed by atoms with Crippen molar-refractivity contribution in [3.8, 4) is 5.75 Å². The Hall–Kier alpha value is -1.84. The number of aliphatic carboxylic acids is 1. The molecule has 98 valence electrons. The van der Waals surface area contributed by atoms with Crippen molar-refractivity contribution in [3.05, 3.63) is 29.8 Å². The summed E-state index contributed by atoms with van der Waals surface area (Å²) in [5, 5.41) is 9.19. The van der Waals surface area contributed by atoms with Gasteiger partial charge >= 0.3 is 5.97 Å². The zero-order valence-electron chi connectivity index (χ0n) is 10.3. The molecule has 1 spiro atoms. The Bertz CT molecular complexity index is 594. The van der Waals surface area contributed by atoms with Crippen molar-refractivity contribution in [2.24, 2.45) is 17.8 Å². The first-order valence-electron chi connectivity index (χ1n) is 6.66. The summed E-state index contributed by atoms with van der Waals surface area (Å²) in [5.41, 5.74) is 0.0724. The van der Waals surface area contributed by atoms with Crippen molar-refractivity contribution in [2.45, 2.75) is 24.9 Å². The van der Waals surface area contributed by atoms with E-state index in [0.717, 1.165) is 12.8 Å². The van der Waals surface area contributed by atoms with E-state index >= 15 is 0 Å². The lowest BCUT2D eigenvalue weighted by Gasteiger charge is -2.36. The number of ketones is 1. The van der Waals surface area contributed by atoms with E-state index in [2.05, 4.69) is 0 Å². The summed E-state index contributed by atoms with van der Waals surface area (Å²) in [4.78, 5) is 23.4. The molecule has 4 atom stereocenters. The molecule has 2 saturated carbocycles. The SMILES string of the molecule is O=C1C[C@]2(CC[C@@H]3[C@H](C(=O)O)[C@H]32)Oc2ccccc21. The number of carbonyl (C=O) groups is 2. The number of hydrogen-bond acceptors (Lipinski definition) is 3. The van der Waals surface area contributed by atoms with Gasteiger partial charge in [0.05, 0.1) is 17.9 Å². The van der Waals surface area contributed by atoms with Crippen molar-refractivity contribution >= 4 is 11.8 Å². The van der Waals surface area contributed by atoms with Crippen LogP contribution in [0.1, 0.15) is 29.6 Å². The molecule has 1 aromatic rings. The normalized spacial score (nSPS) is 38.5. The van der Waals surface area contributed by atoms with Crippen LogP contribution in [0.25, 0.3) is 0 Å². The minimum Gasteiger partial charge on any atom is -0.486 e. The molecule has 1 N–H and O–H groups in total. The van der Waals surface area contributed by atoms with E-state index in [1.165, 1.54) is 0 Å². The van der Waals surface area contributed by atoms with Crippen molar-refractivity contribution in [3.63, 3.8) is 0 Å². The van der Waals surface area contributed by atoms with Gasteiger partial charge < -0.3 is 9.84 Å². The van der Waals surface area contributed by atoms with E-state index in [9.17, 15) is 14.7 Å². The lowest BCUT2D eigenvalue weighted by atomic mass is 9.84. The fourth-order valence-corrected chi connectivity index (χ4v) is 4.10. The highest BCUT2D eigenvalue weighted by Gasteiger charge is 2.70. The third kappa shape index (κ3) is 1.34. The highest BCUT2D eigenvalue weighted by molar-refractivity contribution is 6.00. The Labute approximate surface area is 110 Å². The van der Waals surface area contributed by atoms with Crippen LogP contribution < -0.4 is 4.74 Å². The molecule has 19 heavy (non-hydrogen) atoms. The van der Waals surface area contributed by atoms with Crippen LogP contribution in [0, 0.1) is 17.8 Å². The van der Waals surface area contributed by atoms with E-state index in [1.807, 2.05) is 12.1 Å². The van der Waals surface area contributed by atoms with Gasteiger partial charge in [-0.2, -0.15) is 0 Å². The topological polar surface area (TPSA) is 63.6 Å². The Morgan fingerprint density at radius 1 is 1.37 bits per heavy atom. The van der Waals surface area contributed by atoms with Gasteiger partial charge in [-0.3, -0.25) is 9.59 Å². The van der Waals surface area contributed by atoms with E-state index in [0.29, 0.717) is 17.7 Å². The molecular formula is C15H14O4. The zero-order valence-corrected chi connectivity index (χ0v) is 10.3. The molecule has 4 heteroatoms. The Balaban J connectivity index is 1.72. The largest absolute Gasteiger partial charge is 0.486 e. The number of benzene rings is 1. The van der Waals surface area contributed by atoms with Crippen molar-refractivity contribution in [1.82, 2.24) is 0 Å². The summed E-state index contributed by atoms with van der Waals surface area (Å²) in [7, 11) is 0. The molecule has 1 heterocycles. The zero-order chi connectivity index (χ0) is 13.2. The average molecular weight is 258 g/mol. The second-order valence-corrected chi connectivity index (χ2v) is 5.86. The number of hydrogen-bond donors (Lipinski definition) is 1. The fraction of sp³-hybridized carbons (Fsp3) is 0.467. The summed E-state index contributed by atoms with van der Waals surface area (Å²) < 4.78 is 6.10. The minimum atomic E-state index is -0.746. The first-order chi connectivity index (χ1) is 9.12. The van der Waals surface area contributed by atoms with Gasteiger partial charge in [-0.15, -0.1) is 0 Å². The second-order valence-electron chi connectivity index (χ2n) is 5.86. The average Bonchev–Trinajstić information content (AvgIpc) is 3.04. The number of carboxylic acids is 1. The van der Waals surface area contributed by atoms with Gasteiger partial charge in [0.25, 0.3) is 0 Å². The highest BCUT2D eigenvalue weighted by Crippen LogP contribution is 2.65. The summed E-state index contributed by atoms with van der Waals surface area (Å²) in [5.74, 6) is -0.136. The van der Waals surface area contributed by atoms with Crippen LogP contribution in [0.2, 0.25) is 0 Å². The lowest BCUT2D eigenvalue weighted by Crippen LogP contribution is -2.43. The smallest absolute Gasteiger partial charge is 0.307 e. The number of ether oxygens (including phenoxy) is 1. The summed E-state index contributed by atoms with van der Waals surface area (Å²) in [6, 6.07) is 7.25. The molecule has 2 aliphatic carbocycles. The van der Waals surface area contributed by atoms with Crippen LogP contribution in [-0.4, -0.2) is 22.5 Å². The molecule has 0 radical (unpaired) electrons. The summed E-state index contributed by atoms with van der Waals surface area (Å²) in [6.07, 6.45) is 1.98. The number of carbonyl (C=O) groups excluding carboxylic acids is 1. The first-order valence-corrected chi connectivity index (χ1v) is 6.66. The van der Waals surface area contributed by atoms with Crippen molar-refractivity contribution < 1.29 is 19.4 Å². The third-order valence-electron chi connectivity index (χ3n) is 4.92. The minimum absolute atomic E-state index is 0.0160. The van der Waals surface area contributed by atoms with Crippen molar-refractivity contribution in [1.29, 1.82) is 0 Å². The van der Waals surface area contributed by atoms with Gasteiger partial charge in [0.2, 0.25) is 0 Å². The van der Waals surface area contributed by atoms with Crippen LogP contribution in [0.15, 0.2) is 24.3 Å². The van der Waals surface area contributed by atoms with Crippen molar-refractivity contribution in [2.75, 3.05) is 0 Å². The molecule has 3 aliphatic rings. The van der Waals surface area contributed by atoms with Crippen LogP contribution in [0.5, 0.6) is 5.75 Å². The van der Waals surface area contributed by atoms with E-state index in [-0.39, 0.29) is 23.5 Å². The van der Waals surface area contributed by atoms with Crippen LogP contribution in [0.4, 0.5) is 0 Å². The highest BCUT2D eigenvalue weighted by atomic mass is 16.5. The molecule has 1 aromatic carbocycles. The lowest BCUT2D eigenvalue weighted by molar-refractivity contribution is -0.140. The van der Waals surface area contributed by atoms with E-state index in [4.69, 9.17) is 4.74 Å². The van der Waals surface area contributed by atoms with Gasteiger partial charge in [-0.05, 0) is 30.9 Å². The number of Topliss-reactive ketones (excluding diaryl/α,β-unsaturated/α-hetero) is 1. The van der Waals surface area contributed by atoms with Crippen LogP contribution in [-0.2, 0) is 4.79 Å². The molecule has 1 aliphatic heterocycles. The molecular weight excluding hydrogens is 244 g/mol. The predicted molar refractivity (Wildman–Crippen MR) is 66.1 cm³/mol. The number of para-hydroxylation sites is 1. The van der Waals surface area contributed by atoms with E-state index < -0.39 is 11.6 Å². The molecule has 0 bridgehead atoms. The van der Waals surface area contributed by atoms with E-state index in [1.54, 1.807) is 12.1 Å². The quantitative estimate of drug-likeness (QED) is 0.838. The van der Waals surface area contributed by atoms with Gasteiger partial charge in [-0.25, -0.2) is 0 Å². The molecule has 0 unspecified atom stereocenters. The predicted octanol–water partition coefficient (Wildman–Crippen LogP) is 2.13. The Morgan fingerprint density at radius 3 is 2.89 bits per heavy atom. The monoisotopic (exact) mass is 258 g/mol. The Kier molecular flexibility index (Phi) is 1.96. The van der Waals surface area contributed by atoms with Crippen LogP contribution in [0.3, 0.4) is 0 Å². The maximum Gasteiger partial charge on any atom is 0.307 e. The third-order valence-corrected chi connectivity index (χ3v) is 4.92. The van der Waals surface area contributed by atoms with Gasteiger partial charge in [0.15, 0.2) is 5.78 Å². The molecule has 2 fully saturated rings. The maximum atomic E-state index is 12.3. The fourth-order valence-electron chi connectivity index (χ4n) is 4.10. The Morgan fingerprint density at radius 2 is 2.16 bits per heavy atom. The summed E-state index contributed by atoms with van der Waals surface area (Å²) in [6.45, 7) is 0. The second kappa shape index (κ2) is 3.38. The molecule has 4 rings (SSSR count). The van der Waals surface area contributed by atoms with Gasteiger partial charge in [0.1, 0.15) is 11.4 Å². The van der Waals surface area contributed by atoms with Gasteiger partial charge in [0, 0.05) is 5.92 Å². The first kappa shape index (κ1) is 11.0. The molecule has 0 amide bonds. The number of carboxylic acid groups (broad SMARTS) is 1. The van der Waals surface area contributed by atoms with Crippen LogP contribution >= 0.6 is 0 Å². The molecule has 0 saturated heterocycles. The molecule has 4 nitrogen and oxygen atoms in total. The standard InChI is InChI=1S/C15H14O4/c16-10-7-15(19-11-4-2-1-3-8(10)11)6-5-9-12(13(9)15)14(17)18/h1-4,9,12-13H,5-7H2,(H,17,18)/t9-,12+,13+,15+/m1/s1. The molecule has 0 aromatic heterocycles. The van der Waals surface area contributed by atoms with Gasteiger partial charge in [-0.1, -0.05) is 12.1 Å². The maximum absolute atomic E-state index is 12.3. The summed E-state index contributed by atoms with van der Waals surface area (Å²) >= 11 is 0. The number of fused-ring (bicyclic) bond motifs is 3. The number of rotatable bonds is 1.